The van der Waals surface area contributed by atoms with Crippen LogP contribution in [-0.2, 0) is 26.2 Å². The zero-order valence-electron chi connectivity index (χ0n) is 23.1. The van der Waals surface area contributed by atoms with Crippen molar-refractivity contribution in [3.63, 3.8) is 0 Å². The molecule has 0 aromatic heterocycles. The summed E-state index contributed by atoms with van der Waals surface area (Å²) in [5, 5.41) is 3.09. The Labute approximate surface area is 240 Å². The molecule has 1 atom stereocenters. The van der Waals surface area contributed by atoms with Crippen molar-refractivity contribution >= 4 is 39.1 Å². The van der Waals surface area contributed by atoms with Gasteiger partial charge in [0.1, 0.15) is 24.1 Å². The maximum atomic E-state index is 14.0. The van der Waals surface area contributed by atoms with Gasteiger partial charge in [-0.3, -0.25) is 13.9 Å². The first-order chi connectivity index (χ1) is 19.0. The van der Waals surface area contributed by atoms with Crippen LogP contribution in [-0.4, -0.2) is 58.0 Å². The predicted octanol–water partition coefficient (Wildman–Crippen LogP) is 4.49. The van der Waals surface area contributed by atoms with Crippen LogP contribution in [0.3, 0.4) is 0 Å². The van der Waals surface area contributed by atoms with Crippen LogP contribution in [0.1, 0.15) is 26.3 Å². The zero-order valence-corrected chi connectivity index (χ0v) is 24.7. The molecule has 2 amide bonds. The Hall–Kier alpha value is -3.76. The monoisotopic (exact) mass is 587 g/mol. The second-order valence-corrected chi connectivity index (χ2v) is 11.6. The van der Waals surface area contributed by atoms with Gasteiger partial charge in [0, 0.05) is 17.6 Å². The van der Waals surface area contributed by atoms with Crippen molar-refractivity contribution in [1.82, 2.24) is 10.2 Å². The summed E-state index contributed by atoms with van der Waals surface area (Å²) in [7, 11) is -1.30. The summed E-state index contributed by atoms with van der Waals surface area (Å²) in [5.74, 6) is -0.108. The van der Waals surface area contributed by atoms with Crippen LogP contribution in [0.25, 0.3) is 0 Å². The Kier molecular flexibility index (Phi) is 10.4. The largest absolute Gasteiger partial charge is 0.497 e. The third-order valence-electron chi connectivity index (χ3n) is 6.13. The van der Waals surface area contributed by atoms with E-state index in [1.807, 2.05) is 13.8 Å². The molecule has 0 heterocycles. The van der Waals surface area contributed by atoms with E-state index in [1.165, 1.54) is 36.3 Å². The first-order valence-corrected chi connectivity index (χ1v) is 14.4. The molecule has 40 heavy (non-hydrogen) atoms. The summed E-state index contributed by atoms with van der Waals surface area (Å²) < 4.78 is 39.4. The number of rotatable bonds is 12. The standard InChI is InChI=1S/C29H34ClN3O6S/c1-20(2)31-29(35)21(3)32(18-22-11-14-24(38-4)15-12-22)28(34)19-33(26-17-23(30)13-16-27(26)39-5)40(36,37)25-9-7-6-8-10-25/h6-17,20-21H,18-19H2,1-5H3,(H,31,35)/t21-/m0/s1. The zero-order chi connectivity index (χ0) is 29.4. The molecule has 0 aliphatic heterocycles. The maximum Gasteiger partial charge on any atom is 0.264 e. The van der Waals surface area contributed by atoms with Crippen LogP contribution in [0.2, 0.25) is 5.02 Å². The summed E-state index contributed by atoms with van der Waals surface area (Å²) in [6, 6.07) is 18.3. The lowest BCUT2D eigenvalue weighted by Gasteiger charge is -2.32. The molecule has 0 saturated carbocycles. The van der Waals surface area contributed by atoms with Crippen LogP contribution < -0.4 is 19.1 Å². The third kappa shape index (κ3) is 7.45. The summed E-state index contributed by atoms with van der Waals surface area (Å²) in [6.07, 6.45) is 0. The highest BCUT2D eigenvalue weighted by Crippen LogP contribution is 2.35. The fourth-order valence-electron chi connectivity index (χ4n) is 4.01. The number of nitrogens with zero attached hydrogens (tertiary/aromatic N) is 2. The second-order valence-electron chi connectivity index (χ2n) is 9.35. The molecule has 0 aliphatic rings. The van der Waals surface area contributed by atoms with Crippen molar-refractivity contribution in [1.29, 1.82) is 0 Å². The average Bonchev–Trinajstić information content (AvgIpc) is 2.94. The number of carbonyl (C=O) groups excluding carboxylic acids is 2. The maximum absolute atomic E-state index is 14.0. The van der Waals surface area contributed by atoms with Gasteiger partial charge < -0.3 is 19.7 Å². The van der Waals surface area contributed by atoms with Gasteiger partial charge in [0.25, 0.3) is 10.0 Å². The van der Waals surface area contributed by atoms with Gasteiger partial charge in [-0.05, 0) is 68.8 Å². The van der Waals surface area contributed by atoms with Gasteiger partial charge in [0.05, 0.1) is 24.8 Å². The minimum Gasteiger partial charge on any atom is -0.497 e. The second kappa shape index (κ2) is 13.5. The Balaban J connectivity index is 2.08. The van der Waals surface area contributed by atoms with E-state index in [-0.39, 0.29) is 39.8 Å². The number of carbonyl (C=O) groups is 2. The number of hydrogen-bond donors (Lipinski definition) is 1. The summed E-state index contributed by atoms with van der Waals surface area (Å²) in [5.41, 5.74) is 0.826. The number of halogens is 1. The molecule has 3 aromatic rings. The molecule has 0 saturated heterocycles. The molecule has 1 N–H and O–H groups in total. The van der Waals surface area contributed by atoms with E-state index in [4.69, 9.17) is 21.1 Å². The normalized spacial score (nSPS) is 12.0. The molecule has 0 radical (unpaired) electrons. The number of nitrogens with one attached hydrogen (secondary N) is 1. The van der Waals surface area contributed by atoms with Crippen LogP contribution in [0.4, 0.5) is 5.69 Å². The Morgan fingerprint density at radius 2 is 1.57 bits per heavy atom. The van der Waals surface area contributed by atoms with E-state index in [2.05, 4.69) is 5.32 Å². The molecule has 3 rings (SSSR count). The lowest BCUT2D eigenvalue weighted by Crippen LogP contribution is -2.52. The van der Waals surface area contributed by atoms with Gasteiger partial charge in [0.2, 0.25) is 11.8 Å². The first-order valence-electron chi connectivity index (χ1n) is 12.6. The molecule has 3 aromatic carbocycles. The molecular weight excluding hydrogens is 554 g/mol. The number of hydrogen-bond acceptors (Lipinski definition) is 6. The van der Waals surface area contributed by atoms with E-state index in [9.17, 15) is 18.0 Å². The highest BCUT2D eigenvalue weighted by Gasteiger charge is 2.34. The number of ether oxygens (including phenoxy) is 2. The van der Waals surface area contributed by atoms with Crippen molar-refractivity contribution in [2.75, 3.05) is 25.1 Å². The topological polar surface area (TPSA) is 105 Å². The number of amides is 2. The molecular formula is C29H34ClN3O6S. The number of sulfonamides is 1. The number of methoxy groups -OCH3 is 2. The Bertz CT molecular complexity index is 1420. The SMILES string of the molecule is COc1ccc(CN(C(=O)CN(c2cc(Cl)ccc2OC)S(=O)(=O)c2ccccc2)[C@@H](C)C(=O)NC(C)C)cc1. The van der Waals surface area contributed by atoms with Crippen LogP contribution in [0.5, 0.6) is 11.5 Å². The average molecular weight is 588 g/mol. The minimum atomic E-state index is -4.25. The lowest BCUT2D eigenvalue weighted by atomic mass is 10.1. The van der Waals surface area contributed by atoms with Crippen molar-refractivity contribution < 1.29 is 27.5 Å². The van der Waals surface area contributed by atoms with Crippen molar-refractivity contribution in [3.8, 4) is 11.5 Å². The smallest absolute Gasteiger partial charge is 0.264 e. The molecule has 0 unspecified atom stereocenters. The number of benzene rings is 3. The van der Waals surface area contributed by atoms with Gasteiger partial charge in [-0.2, -0.15) is 0 Å². The van der Waals surface area contributed by atoms with Gasteiger partial charge in [-0.1, -0.05) is 41.9 Å². The summed E-state index contributed by atoms with van der Waals surface area (Å²) in [6.45, 7) is 4.69. The number of anilines is 1. The van der Waals surface area contributed by atoms with E-state index < -0.39 is 28.5 Å². The molecule has 214 valence electrons. The molecule has 0 bridgehead atoms. The van der Waals surface area contributed by atoms with Gasteiger partial charge in [-0.15, -0.1) is 0 Å². The van der Waals surface area contributed by atoms with E-state index in [0.717, 1.165) is 9.87 Å². The quantitative estimate of drug-likeness (QED) is 0.335. The van der Waals surface area contributed by atoms with Crippen molar-refractivity contribution in [2.45, 2.75) is 44.3 Å². The summed E-state index contributed by atoms with van der Waals surface area (Å²) in [4.78, 5) is 28.3. The molecule has 11 heteroatoms. The van der Waals surface area contributed by atoms with E-state index >= 15 is 0 Å². The molecule has 0 fully saturated rings. The Morgan fingerprint density at radius 3 is 2.15 bits per heavy atom. The highest BCUT2D eigenvalue weighted by molar-refractivity contribution is 7.92. The van der Waals surface area contributed by atoms with Crippen molar-refractivity contribution in [2.24, 2.45) is 0 Å². The van der Waals surface area contributed by atoms with Crippen molar-refractivity contribution in [3.05, 3.63) is 83.4 Å². The van der Waals surface area contributed by atoms with E-state index in [0.29, 0.717) is 5.75 Å². The molecule has 0 aliphatic carbocycles. The van der Waals surface area contributed by atoms with E-state index in [1.54, 1.807) is 62.6 Å². The van der Waals surface area contributed by atoms with Gasteiger partial charge in [0.15, 0.2) is 0 Å². The van der Waals surface area contributed by atoms with Gasteiger partial charge >= 0.3 is 0 Å². The third-order valence-corrected chi connectivity index (χ3v) is 8.14. The van der Waals surface area contributed by atoms with Gasteiger partial charge in [-0.25, -0.2) is 8.42 Å². The van der Waals surface area contributed by atoms with Crippen LogP contribution in [0, 0.1) is 0 Å². The first kappa shape index (κ1) is 30.8. The minimum absolute atomic E-state index is 0.0165. The Morgan fingerprint density at radius 1 is 0.925 bits per heavy atom. The fraction of sp³-hybridized carbons (Fsp3) is 0.310. The molecule has 0 spiro atoms. The summed E-state index contributed by atoms with van der Waals surface area (Å²) >= 11 is 6.25. The lowest BCUT2D eigenvalue weighted by molar-refractivity contribution is -0.139. The predicted molar refractivity (Wildman–Crippen MR) is 155 cm³/mol. The van der Waals surface area contributed by atoms with Crippen LogP contribution >= 0.6 is 11.6 Å². The molecule has 9 nitrogen and oxygen atoms in total. The fourth-order valence-corrected chi connectivity index (χ4v) is 5.61. The highest BCUT2D eigenvalue weighted by atomic mass is 35.5. The van der Waals surface area contributed by atoms with Crippen LogP contribution in [0.15, 0.2) is 77.7 Å².